The van der Waals surface area contributed by atoms with Crippen molar-refractivity contribution in [1.82, 2.24) is 14.8 Å². The molecule has 1 aromatic carbocycles. The van der Waals surface area contributed by atoms with Crippen molar-refractivity contribution in [2.45, 2.75) is 19.8 Å². The highest BCUT2D eigenvalue weighted by Gasteiger charge is 2.17. The van der Waals surface area contributed by atoms with E-state index in [1.165, 1.54) is 11.8 Å². The quantitative estimate of drug-likeness (QED) is 0.764. The van der Waals surface area contributed by atoms with Gasteiger partial charge >= 0.3 is 0 Å². The largest absolute Gasteiger partial charge is 0.479 e. The van der Waals surface area contributed by atoms with Crippen molar-refractivity contribution >= 4 is 22.5 Å². The van der Waals surface area contributed by atoms with Crippen LogP contribution in [0.15, 0.2) is 35.3 Å². The zero-order valence-electron chi connectivity index (χ0n) is 14.6. The maximum Gasteiger partial charge on any atom is 0.262 e. The predicted molar refractivity (Wildman–Crippen MR) is 96.4 cm³/mol. The van der Waals surface area contributed by atoms with E-state index in [1.54, 1.807) is 25.4 Å². The number of fused-ring (bicyclic) bond motifs is 1. The van der Waals surface area contributed by atoms with E-state index in [9.17, 15) is 9.59 Å². The lowest BCUT2D eigenvalue weighted by Crippen LogP contribution is -2.13. The summed E-state index contributed by atoms with van der Waals surface area (Å²) in [5.41, 5.74) is 2.43. The Labute approximate surface area is 144 Å². The smallest absolute Gasteiger partial charge is 0.262 e. The van der Waals surface area contributed by atoms with Gasteiger partial charge in [0.1, 0.15) is 5.56 Å². The molecular weight excluding hydrogens is 320 g/mol. The topological polar surface area (TPSA) is 89.0 Å². The van der Waals surface area contributed by atoms with Crippen LogP contribution in [0.2, 0.25) is 0 Å². The van der Waals surface area contributed by atoms with Crippen molar-refractivity contribution in [3.63, 3.8) is 0 Å². The second kappa shape index (κ2) is 6.43. The van der Waals surface area contributed by atoms with Crippen LogP contribution in [0.4, 0.5) is 5.69 Å². The van der Waals surface area contributed by atoms with Crippen molar-refractivity contribution in [2.75, 3.05) is 12.4 Å². The summed E-state index contributed by atoms with van der Waals surface area (Å²) in [5.74, 6) is 0.160. The third kappa shape index (κ3) is 3.26. The normalized spacial score (nSPS) is 11.1. The summed E-state index contributed by atoms with van der Waals surface area (Å²) < 4.78 is 6.63. The highest BCUT2D eigenvalue weighted by molar-refractivity contribution is 6.06. The molecule has 7 heteroatoms. The number of amides is 1. The molecule has 7 nitrogen and oxygen atoms in total. The Morgan fingerprint density at radius 2 is 2.08 bits per heavy atom. The lowest BCUT2D eigenvalue weighted by Gasteiger charge is -2.11. The number of H-pyrrole nitrogens is 1. The summed E-state index contributed by atoms with van der Waals surface area (Å²) in [7, 11) is 3.18. The summed E-state index contributed by atoms with van der Waals surface area (Å²) in [4.78, 5) is 27.2. The SMILES string of the molecule is COc1nn(C)cc1C(=O)Nc1ccc2c(C(C)C)cc(=O)[nH]c2c1. The van der Waals surface area contributed by atoms with Gasteiger partial charge in [0.15, 0.2) is 0 Å². The molecule has 0 aliphatic heterocycles. The molecule has 1 amide bonds. The van der Waals surface area contributed by atoms with Crippen LogP contribution in [-0.4, -0.2) is 27.8 Å². The fourth-order valence-electron chi connectivity index (χ4n) is 2.82. The first kappa shape index (κ1) is 16.8. The van der Waals surface area contributed by atoms with Gasteiger partial charge < -0.3 is 15.0 Å². The van der Waals surface area contributed by atoms with Crippen LogP contribution in [0, 0.1) is 0 Å². The lowest BCUT2D eigenvalue weighted by molar-refractivity contribution is 0.102. The van der Waals surface area contributed by atoms with Gasteiger partial charge in [0.2, 0.25) is 11.4 Å². The summed E-state index contributed by atoms with van der Waals surface area (Å²) in [5, 5.41) is 7.85. The van der Waals surface area contributed by atoms with Crippen LogP contribution in [0.1, 0.15) is 35.7 Å². The molecule has 0 bridgehead atoms. The Morgan fingerprint density at radius 3 is 2.76 bits per heavy atom. The van der Waals surface area contributed by atoms with E-state index in [4.69, 9.17) is 4.74 Å². The molecule has 0 fully saturated rings. The van der Waals surface area contributed by atoms with Gasteiger partial charge in [-0.3, -0.25) is 14.3 Å². The predicted octanol–water partition coefficient (Wildman–Crippen LogP) is 2.65. The van der Waals surface area contributed by atoms with Gasteiger partial charge in [-0.2, -0.15) is 0 Å². The van der Waals surface area contributed by atoms with E-state index in [0.717, 1.165) is 10.9 Å². The first-order chi connectivity index (χ1) is 11.9. The summed E-state index contributed by atoms with van der Waals surface area (Å²) >= 11 is 0. The third-order valence-corrected chi connectivity index (χ3v) is 3.99. The number of rotatable bonds is 4. The number of hydrogen-bond donors (Lipinski definition) is 2. The van der Waals surface area contributed by atoms with Crippen LogP contribution in [0.3, 0.4) is 0 Å². The number of aryl methyl sites for hydroxylation is 1. The van der Waals surface area contributed by atoms with E-state index >= 15 is 0 Å². The molecule has 0 aliphatic carbocycles. The molecule has 0 saturated heterocycles. The zero-order valence-corrected chi connectivity index (χ0v) is 14.6. The van der Waals surface area contributed by atoms with Crippen molar-refractivity contribution in [1.29, 1.82) is 0 Å². The van der Waals surface area contributed by atoms with Gasteiger partial charge in [-0.1, -0.05) is 19.9 Å². The fraction of sp³-hybridized carbons (Fsp3) is 0.278. The third-order valence-electron chi connectivity index (χ3n) is 3.99. The number of nitrogens with zero attached hydrogens (tertiary/aromatic N) is 2. The first-order valence-electron chi connectivity index (χ1n) is 7.95. The molecular formula is C18H20N4O3. The van der Waals surface area contributed by atoms with Crippen LogP contribution >= 0.6 is 0 Å². The number of methoxy groups -OCH3 is 1. The molecule has 2 heterocycles. The molecule has 0 unspecified atom stereocenters. The zero-order chi connectivity index (χ0) is 18.1. The van der Waals surface area contributed by atoms with Gasteiger partial charge in [-0.15, -0.1) is 5.10 Å². The summed E-state index contributed by atoms with van der Waals surface area (Å²) in [6.45, 7) is 4.08. The molecule has 0 atom stereocenters. The van der Waals surface area contributed by atoms with Crippen molar-refractivity contribution in [2.24, 2.45) is 7.05 Å². The average Bonchev–Trinajstić information content (AvgIpc) is 2.94. The van der Waals surface area contributed by atoms with Crippen molar-refractivity contribution in [3.05, 3.63) is 51.9 Å². The van der Waals surface area contributed by atoms with E-state index in [2.05, 4.69) is 15.4 Å². The van der Waals surface area contributed by atoms with Crippen molar-refractivity contribution in [3.8, 4) is 5.88 Å². The standard InChI is InChI=1S/C18H20N4O3/c1-10(2)13-8-16(23)20-15-7-11(5-6-12(13)15)19-17(24)14-9-22(3)21-18(14)25-4/h5-10H,1-4H3,(H,19,24)(H,20,23). The maximum atomic E-state index is 12.5. The van der Waals surface area contributed by atoms with Gasteiger partial charge in [0, 0.05) is 30.4 Å². The molecule has 2 N–H and O–H groups in total. The molecule has 3 rings (SSSR count). The Kier molecular flexibility index (Phi) is 4.31. The molecule has 130 valence electrons. The van der Waals surface area contributed by atoms with Gasteiger partial charge in [-0.25, -0.2) is 0 Å². The van der Waals surface area contributed by atoms with E-state index in [-0.39, 0.29) is 23.3 Å². The average molecular weight is 340 g/mol. The molecule has 0 spiro atoms. The minimum Gasteiger partial charge on any atom is -0.479 e. The number of carbonyl (C=O) groups excluding carboxylic acids is 1. The Balaban J connectivity index is 1.97. The minimum atomic E-state index is -0.327. The molecule has 0 saturated carbocycles. The number of aromatic amines is 1. The monoisotopic (exact) mass is 340 g/mol. The van der Waals surface area contributed by atoms with E-state index in [0.29, 0.717) is 16.8 Å². The number of carbonyl (C=O) groups is 1. The van der Waals surface area contributed by atoms with Gasteiger partial charge in [-0.05, 0) is 23.6 Å². The van der Waals surface area contributed by atoms with Crippen LogP contribution < -0.4 is 15.6 Å². The minimum absolute atomic E-state index is 0.159. The molecule has 25 heavy (non-hydrogen) atoms. The lowest BCUT2D eigenvalue weighted by atomic mass is 9.99. The van der Waals surface area contributed by atoms with Gasteiger partial charge in [0.05, 0.1) is 12.6 Å². The summed E-state index contributed by atoms with van der Waals surface area (Å²) in [6.07, 6.45) is 1.59. The fourth-order valence-corrected chi connectivity index (χ4v) is 2.82. The number of benzene rings is 1. The van der Waals surface area contributed by atoms with Crippen molar-refractivity contribution < 1.29 is 9.53 Å². The molecule has 0 aliphatic rings. The van der Waals surface area contributed by atoms with E-state index in [1.807, 2.05) is 26.0 Å². The van der Waals surface area contributed by atoms with E-state index < -0.39 is 0 Å². The highest BCUT2D eigenvalue weighted by Crippen LogP contribution is 2.25. The Morgan fingerprint density at radius 1 is 1.32 bits per heavy atom. The Hall–Kier alpha value is -3.09. The number of pyridine rings is 1. The molecule has 2 aromatic heterocycles. The number of anilines is 1. The van der Waals surface area contributed by atoms with Crippen LogP contribution in [-0.2, 0) is 7.05 Å². The number of nitrogens with one attached hydrogen (secondary N) is 2. The summed E-state index contributed by atoms with van der Waals surface area (Å²) in [6, 6.07) is 7.08. The first-order valence-corrected chi connectivity index (χ1v) is 7.95. The second-order valence-electron chi connectivity index (χ2n) is 6.18. The molecule has 0 radical (unpaired) electrons. The highest BCUT2D eigenvalue weighted by atomic mass is 16.5. The Bertz CT molecular complexity index is 1000. The van der Waals surface area contributed by atoms with Gasteiger partial charge in [0.25, 0.3) is 5.91 Å². The number of ether oxygens (including phenoxy) is 1. The molecule has 3 aromatic rings. The number of aromatic nitrogens is 3. The van der Waals surface area contributed by atoms with Crippen LogP contribution in [0.25, 0.3) is 10.9 Å². The van der Waals surface area contributed by atoms with Crippen LogP contribution in [0.5, 0.6) is 5.88 Å². The second-order valence-corrected chi connectivity index (χ2v) is 6.18. The number of hydrogen-bond acceptors (Lipinski definition) is 4. The maximum absolute atomic E-state index is 12.5.